The van der Waals surface area contributed by atoms with Gasteiger partial charge in [0.15, 0.2) is 10.7 Å². The van der Waals surface area contributed by atoms with Crippen molar-refractivity contribution in [2.24, 2.45) is 0 Å². The molecule has 0 aliphatic carbocycles. The third-order valence-electron chi connectivity index (χ3n) is 2.41. The minimum atomic E-state index is -2.55. The number of thiol groups is 1. The smallest absolute Gasteiger partial charge is 0.251 e. The molecule has 0 spiro atoms. The van der Waals surface area contributed by atoms with Crippen LogP contribution in [0.4, 0.5) is 0 Å². The summed E-state index contributed by atoms with van der Waals surface area (Å²) >= 11 is 1.19. The number of benzene rings is 1. The molecular weight excluding hydrogens is 270 g/mol. The summed E-state index contributed by atoms with van der Waals surface area (Å²) in [5.74, 6) is -0.163. The highest BCUT2D eigenvalue weighted by Crippen LogP contribution is 2.29. The van der Waals surface area contributed by atoms with Crippen LogP contribution in [-0.4, -0.2) is 21.4 Å². The summed E-state index contributed by atoms with van der Waals surface area (Å²) in [7, 11) is -0.979. The van der Waals surface area contributed by atoms with Gasteiger partial charge in [0.1, 0.15) is 4.21 Å². The van der Waals surface area contributed by atoms with Gasteiger partial charge in [-0.2, -0.15) is 0 Å². The summed E-state index contributed by atoms with van der Waals surface area (Å²) in [4.78, 5) is 12.3. The predicted octanol–water partition coefficient (Wildman–Crippen LogP) is 1.75. The number of carbonyl (C=O) groups excluding carboxylic acids is 1. The third kappa shape index (κ3) is 2.60. The highest BCUT2D eigenvalue weighted by Gasteiger charge is 2.07. The molecule has 18 heavy (non-hydrogen) atoms. The molecular formula is C12H11NO3S2. The van der Waals surface area contributed by atoms with Gasteiger partial charge in [0.25, 0.3) is 5.91 Å². The number of hydrogen-bond acceptors (Lipinski definition) is 4. The van der Waals surface area contributed by atoms with E-state index in [4.69, 9.17) is 0 Å². The average Bonchev–Trinajstić information content (AvgIpc) is 2.88. The van der Waals surface area contributed by atoms with E-state index in [9.17, 15) is 13.2 Å². The molecule has 0 bridgehead atoms. The van der Waals surface area contributed by atoms with Crippen LogP contribution in [0.3, 0.4) is 0 Å². The number of carbonyl (C=O) groups is 1. The zero-order valence-electron chi connectivity index (χ0n) is 9.54. The zero-order chi connectivity index (χ0) is 13.1. The quantitative estimate of drug-likeness (QED) is 0.842. The van der Waals surface area contributed by atoms with Gasteiger partial charge in [-0.25, -0.2) is 8.42 Å². The van der Waals surface area contributed by atoms with E-state index in [1.54, 1.807) is 37.4 Å². The van der Waals surface area contributed by atoms with Gasteiger partial charge in [-0.05, 0) is 29.8 Å². The van der Waals surface area contributed by atoms with E-state index in [1.807, 2.05) is 6.07 Å². The van der Waals surface area contributed by atoms with E-state index in [0.717, 1.165) is 10.4 Å². The Hall–Kier alpha value is -1.66. The standard InChI is InChI=1S/C12H11NO3S2/c1-13-12(14)9-4-2-3-8(7-9)10-5-6-11(17-10)18(15)16/h2-7,18H,1H3,(H,13,14). The molecule has 1 aromatic heterocycles. The van der Waals surface area contributed by atoms with Crippen molar-refractivity contribution >= 4 is 27.9 Å². The minimum Gasteiger partial charge on any atom is -0.355 e. The van der Waals surface area contributed by atoms with Crippen molar-refractivity contribution in [3.63, 3.8) is 0 Å². The molecule has 0 fully saturated rings. The molecule has 0 atom stereocenters. The van der Waals surface area contributed by atoms with Gasteiger partial charge in [-0.1, -0.05) is 12.1 Å². The number of thiophene rings is 1. The number of amides is 1. The fraction of sp³-hybridized carbons (Fsp3) is 0.0833. The molecule has 2 rings (SSSR count). The minimum absolute atomic E-state index is 0.163. The summed E-state index contributed by atoms with van der Waals surface area (Å²) < 4.78 is 22.0. The van der Waals surface area contributed by atoms with Gasteiger partial charge >= 0.3 is 0 Å². The number of rotatable bonds is 3. The van der Waals surface area contributed by atoms with Crippen LogP contribution in [0.2, 0.25) is 0 Å². The maximum atomic E-state index is 11.5. The fourth-order valence-electron chi connectivity index (χ4n) is 1.54. The highest BCUT2D eigenvalue weighted by molar-refractivity contribution is 7.75. The predicted molar refractivity (Wildman–Crippen MR) is 71.7 cm³/mol. The second-order valence-electron chi connectivity index (χ2n) is 3.55. The molecule has 1 aromatic carbocycles. The summed E-state index contributed by atoms with van der Waals surface area (Å²) in [6.45, 7) is 0. The molecule has 6 heteroatoms. The van der Waals surface area contributed by atoms with Crippen molar-refractivity contribution in [3.05, 3.63) is 42.0 Å². The fourth-order valence-corrected chi connectivity index (χ4v) is 3.07. The molecule has 4 nitrogen and oxygen atoms in total. The van der Waals surface area contributed by atoms with E-state index in [-0.39, 0.29) is 5.91 Å². The molecule has 1 heterocycles. The highest BCUT2D eigenvalue weighted by atomic mass is 32.2. The van der Waals surface area contributed by atoms with E-state index >= 15 is 0 Å². The van der Waals surface area contributed by atoms with Crippen LogP contribution >= 0.6 is 11.3 Å². The van der Waals surface area contributed by atoms with Gasteiger partial charge in [0.2, 0.25) is 0 Å². The Morgan fingerprint density at radius 2 is 2.00 bits per heavy atom. The molecule has 0 unspecified atom stereocenters. The monoisotopic (exact) mass is 281 g/mol. The summed E-state index contributed by atoms with van der Waals surface area (Å²) in [6, 6.07) is 10.4. The maximum absolute atomic E-state index is 11.5. The Balaban J connectivity index is 2.41. The van der Waals surface area contributed by atoms with Crippen LogP contribution in [0, 0.1) is 0 Å². The lowest BCUT2D eigenvalue weighted by molar-refractivity contribution is 0.0963. The lowest BCUT2D eigenvalue weighted by Gasteiger charge is -2.02. The van der Waals surface area contributed by atoms with Crippen LogP contribution in [0.25, 0.3) is 10.4 Å². The summed E-state index contributed by atoms with van der Waals surface area (Å²) in [5, 5.41) is 2.55. The lowest BCUT2D eigenvalue weighted by Crippen LogP contribution is -2.17. The second-order valence-corrected chi connectivity index (χ2v) is 5.94. The molecule has 0 aliphatic rings. The first-order chi connectivity index (χ1) is 8.61. The van der Waals surface area contributed by atoms with Crippen LogP contribution in [0.1, 0.15) is 10.4 Å². The first-order valence-electron chi connectivity index (χ1n) is 5.18. The third-order valence-corrected chi connectivity index (χ3v) is 4.58. The van der Waals surface area contributed by atoms with Crippen LogP contribution < -0.4 is 5.32 Å². The Bertz CT molecular complexity index is 651. The average molecular weight is 281 g/mol. The van der Waals surface area contributed by atoms with Crippen LogP contribution in [0.5, 0.6) is 0 Å². The van der Waals surface area contributed by atoms with Crippen molar-refractivity contribution in [1.82, 2.24) is 5.32 Å². The first-order valence-corrected chi connectivity index (χ1v) is 7.18. The molecule has 0 aliphatic heterocycles. The molecule has 1 amide bonds. The van der Waals surface area contributed by atoms with Gasteiger partial charge in [-0.15, -0.1) is 11.3 Å². The first kappa shape index (κ1) is 12.8. The Kier molecular flexibility index (Phi) is 3.78. The van der Waals surface area contributed by atoms with Crippen LogP contribution in [0.15, 0.2) is 40.6 Å². The van der Waals surface area contributed by atoms with Gasteiger partial charge in [0.05, 0.1) is 0 Å². The lowest BCUT2D eigenvalue weighted by atomic mass is 10.1. The largest absolute Gasteiger partial charge is 0.355 e. The Morgan fingerprint density at radius 1 is 1.22 bits per heavy atom. The van der Waals surface area contributed by atoms with Crippen molar-refractivity contribution in [2.45, 2.75) is 4.21 Å². The molecule has 0 saturated heterocycles. The maximum Gasteiger partial charge on any atom is 0.251 e. The number of nitrogens with one attached hydrogen (secondary N) is 1. The Morgan fingerprint density at radius 3 is 2.61 bits per heavy atom. The Labute approximate surface area is 110 Å². The van der Waals surface area contributed by atoms with E-state index in [1.165, 1.54) is 11.3 Å². The van der Waals surface area contributed by atoms with E-state index in [2.05, 4.69) is 5.32 Å². The summed E-state index contributed by atoms with van der Waals surface area (Å²) in [6.07, 6.45) is 0. The molecule has 2 aromatic rings. The van der Waals surface area contributed by atoms with Gasteiger partial charge in [-0.3, -0.25) is 4.79 Å². The van der Waals surface area contributed by atoms with E-state index < -0.39 is 10.7 Å². The van der Waals surface area contributed by atoms with Gasteiger partial charge in [0, 0.05) is 17.5 Å². The van der Waals surface area contributed by atoms with Crippen molar-refractivity contribution in [3.8, 4) is 10.4 Å². The SMILES string of the molecule is CNC(=O)c1cccc(-c2ccc([SH](=O)=O)s2)c1. The van der Waals surface area contributed by atoms with Crippen molar-refractivity contribution in [2.75, 3.05) is 7.05 Å². The summed E-state index contributed by atoms with van der Waals surface area (Å²) in [5.41, 5.74) is 1.39. The van der Waals surface area contributed by atoms with Gasteiger partial charge < -0.3 is 5.32 Å². The molecule has 1 N–H and O–H groups in total. The van der Waals surface area contributed by atoms with Crippen molar-refractivity contribution in [1.29, 1.82) is 0 Å². The topological polar surface area (TPSA) is 63.2 Å². The molecule has 94 valence electrons. The normalized spacial score (nSPS) is 10.6. The molecule has 0 saturated carbocycles. The van der Waals surface area contributed by atoms with Crippen molar-refractivity contribution < 1.29 is 13.2 Å². The molecule has 0 radical (unpaired) electrons. The van der Waals surface area contributed by atoms with E-state index in [0.29, 0.717) is 9.77 Å². The second kappa shape index (κ2) is 5.32. The zero-order valence-corrected chi connectivity index (χ0v) is 11.3. The number of hydrogen-bond donors (Lipinski definition) is 2. The van der Waals surface area contributed by atoms with Crippen LogP contribution in [-0.2, 0) is 10.7 Å².